The zero-order valence-electron chi connectivity index (χ0n) is 16.9. The summed E-state index contributed by atoms with van der Waals surface area (Å²) in [6, 6.07) is 24.5. The van der Waals surface area contributed by atoms with E-state index < -0.39 is 0 Å². The van der Waals surface area contributed by atoms with Crippen LogP contribution in [0.25, 0.3) is 0 Å². The first-order valence-corrected chi connectivity index (χ1v) is 10.5. The van der Waals surface area contributed by atoms with E-state index in [1.165, 1.54) is 17.3 Å². The van der Waals surface area contributed by atoms with Gasteiger partial charge in [0.15, 0.2) is 5.78 Å². The van der Waals surface area contributed by atoms with E-state index in [-0.39, 0.29) is 22.9 Å². The van der Waals surface area contributed by atoms with Crippen LogP contribution in [0, 0.1) is 0 Å². The molecular weight excluding hydrogens is 378 g/mol. The number of rotatable bonds is 6. The van der Waals surface area contributed by atoms with Crippen molar-refractivity contribution in [2.45, 2.75) is 31.1 Å². The Labute approximate surface area is 176 Å². The minimum absolute atomic E-state index is 0.105. The molecule has 0 radical (unpaired) electrons. The summed E-state index contributed by atoms with van der Waals surface area (Å²) < 4.78 is 0. The number of para-hydroxylation sites is 1. The van der Waals surface area contributed by atoms with Gasteiger partial charge in [0.05, 0.1) is 11.4 Å². The van der Waals surface area contributed by atoms with Crippen LogP contribution in [0.4, 0.5) is 5.69 Å². The molecule has 0 saturated heterocycles. The SMILES string of the molecule is CC(C)(C)c1ccc(SCC(=O)Nc2ccccc2C(=O)c2ccccc2)cc1. The highest BCUT2D eigenvalue weighted by Crippen LogP contribution is 2.26. The van der Waals surface area contributed by atoms with E-state index in [9.17, 15) is 9.59 Å². The number of amides is 1. The lowest BCUT2D eigenvalue weighted by molar-refractivity contribution is -0.113. The molecular formula is C25H25NO2S. The molecule has 0 aliphatic heterocycles. The van der Waals surface area contributed by atoms with E-state index in [2.05, 4.69) is 38.2 Å². The third-order valence-electron chi connectivity index (χ3n) is 4.57. The van der Waals surface area contributed by atoms with Gasteiger partial charge < -0.3 is 5.32 Å². The molecule has 1 N–H and O–H groups in total. The van der Waals surface area contributed by atoms with Crippen molar-refractivity contribution in [2.24, 2.45) is 0 Å². The highest BCUT2D eigenvalue weighted by Gasteiger charge is 2.15. The van der Waals surface area contributed by atoms with Gasteiger partial charge in [-0.3, -0.25) is 9.59 Å². The molecule has 148 valence electrons. The summed E-state index contributed by atoms with van der Waals surface area (Å²) in [5, 5.41) is 2.89. The molecule has 0 aliphatic rings. The standard InChI is InChI=1S/C25H25NO2S/c1-25(2,3)19-13-15-20(16-14-19)29-17-23(27)26-22-12-8-7-11-21(22)24(28)18-9-5-4-6-10-18/h4-16H,17H2,1-3H3,(H,26,27). The van der Waals surface area contributed by atoms with Crippen LogP contribution in [0.15, 0.2) is 83.8 Å². The number of anilines is 1. The van der Waals surface area contributed by atoms with Crippen LogP contribution in [0.1, 0.15) is 42.3 Å². The largest absolute Gasteiger partial charge is 0.325 e. The van der Waals surface area contributed by atoms with Crippen molar-refractivity contribution in [2.75, 3.05) is 11.1 Å². The van der Waals surface area contributed by atoms with Crippen molar-refractivity contribution < 1.29 is 9.59 Å². The fourth-order valence-electron chi connectivity index (χ4n) is 2.92. The number of hydrogen-bond acceptors (Lipinski definition) is 3. The predicted octanol–water partition coefficient (Wildman–Crippen LogP) is 5.95. The Morgan fingerprint density at radius 2 is 1.45 bits per heavy atom. The van der Waals surface area contributed by atoms with Crippen molar-refractivity contribution >= 4 is 29.1 Å². The van der Waals surface area contributed by atoms with Crippen LogP contribution in [-0.4, -0.2) is 17.4 Å². The summed E-state index contributed by atoms with van der Waals surface area (Å²) in [5.74, 6) is 0.0399. The van der Waals surface area contributed by atoms with Crippen LogP contribution >= 0.6 is 11.8 Å². The molecule has 4 heteroatoms. The van der Waals surface area contributed by atoms with Gasteiger partial charge in [-0.05, 0) is 35.2 Å². The lowest BCUT2D eigenvalue weighted by Crippen LogP contribution is -2.17. The van der Waals surface area contributed by atoms with E-state index in [1.54, 1.807) is 30.3 Å². The monoisotopic (exact) mass is 403 g/mol. The van der Waals surface area contributed by atoms with Crippen molar-refractivity contribution in [3.63, 3.8) is 0 Å². The molecule has 0 spiro atoms. The smallest absolute Gasteiger partial charge is 0.234 e. The van der Waals surface area contributed by atoms with E-state index in [4.69, 9.17) is 0 Å². The third-order valence-corrected chi connectivity index (χ3v) is 5.58. The molecule has 0 aromatic heterocycles. The lowest BCUT2D eigenvalue weighted by Gasteiger charge is -2.19. The van der Waals surface area contributed by atoms with Crippen LogP contribution < -0.4 is 5.32 Å². The summed E-state index contributed by atoms with van der Waals surface area (Å²) in [6.45, 7) is 6.53. The predicted molar refractivity (Wildman–Crippen MR) is 121 cm³/mol. The van der Waals surface area contributed by atoms with E-state index >= 15 is 0 Å². The average Bonchev–Trinajstić information content (AvgIpc) is 2.72. The molecule has 3 nitrogen and oxygen atoms in total. The lowest BCUT2D eigenvalue weighted by atomic mass is 9.87. The van der Waals surface area contributed by atoms with Crippen molar-refractivity contribution in [3.8, 4) is 0 Å². The summed E-state index contributed by atoms with van der Waals surface area (Å²) in [7, 11) is 0. The van der Waals surface area contributed by atoms with Gasteiger partial charge in [-0.1, -0.05) is 75.4 Å². The first kappa shape index (κ1) is 20.9. The minimum Gasteiger partial charge on any atom is -0.325 e. The zero-order chi connectivity index (χ0) is 20.9. The Hall–Kier alpha value is -2.85. The molecule has 0 heterocycles. The molecule has 3 rings (SSSR count). The molecule has 29 heavy (non-hydrogen) atoms. The molecule has 0 fully saturated rings. The number of carbonyl (C=O) groups is 2. The number of nitrogens with one attached hydrogen (secondary N) is 1. The van der Waals surface area contributed by atoms with Gasteiger partial charge in [-0.2, -0.15) is 0 Å². The Bertz CT molecular complexity index is 989. The highest BCUT2D eigenvalue weighted by atomic mass is 32.2. The van der Waals surface area contributed by atoms with Gasteiger partial charge in [-0.15, -0.1) is 11.8 Å². The van der Waals surface area contributed by atoms with Crippen LogP contribution in [0.2, 0.25) is 0 Å². The maximum Gasteiger partial charge on any atom is 0.234 e. The summed E-state index contributed by atoms with van der Waals surface area (Å²) >= 11 is 1.48. The number of benzene rings is 3. The van der Waals surface area contributed by atoms with E-state index in [0.29, 0.717) is 16.8 Å². The van der Waals surface area contributed by atoms with Crippen molar-refractivity contribution in [1.29, 1.82) is 0 Å². The first-order chi connectivity index (χ1) is 13.8. The highest BCUT2D eigenvalue weighted by molar-refractivity contribution is 8.00. The second-order valence-electron chi connectivity index (χ2n) is 7.85. The fourth-order valence-corrected chi connectivity index (χ4v) is 3.62. The molecule has 3 aromatic carbocycles. The normalized spacial score (nSPS) is 11.1. The molecule has 0 bridgehead atoms. The number of hydrogen-bond donors (Lipinski definition) is 1. The Kier molecular flexibility index (Phi) is 6.55. The Morgan fingerprint density at radius 3 is 2.10 bits per heavy atom. The van der Waals surface area contributed by atoms with Crippen LogP contribution in [-0.2, 0) is 10.2 Å². The summed E-state index contributed by atoms with van der Waals surface area (Å²) in [5.41, 5.74) is 3.00. The van der Waals surface area contributed by atoms with Crippen LogP contribution in [0.3, 0.4) is 0 Å². The second kappa shape index (κ2) is 9.10. The van der Waals surface area contributed by atoms with Gasteiger partial charge >= 0.3 is 0 Å². The van der Waals surface area contributed by atoms with Crippen molar-refractivity contribution in [3.05, 3.63) is 95.6 Å². The third kappa shape index (κ3) is 5.58. The Balaban J connectivity index is 1.65. The van der Waals surface area contributed by atoms with E-state index in [1.807, 2.05) is 36.4 Å². The molecule has 0 saturated carbocycles. The average molecular weight is 404 g/mol. The molecule has 0 unspecified atom stereocenters. The van der Waals surface area contributed by atoms with Crippen molar-refractivity contribution in [1.82, 2.24) is 0 Å². The van der Waals surface area contributed by atoms with Gasteiger partial charge in [0.25, 0.3) is 0 Å². The maximum absolute atomic E-state index is 12.8. The Morgan fingerprint density at radius 1 is 0.828 bits per heavy atom. The number of carbonyl (C=O) groups excluding carboxylic acids is 2. The zero-order valence-corrected chi connectivity index (χ0v) is 17.8. The van der Waals surface area contributed by atoms with Gasteiger partial charge in [0.2, 0.25) is 5.91 Å². The molecule has 0 atom stereocenters. The first-order valence-electron chi connectivity index (χ1n) is 9.56. The summed E-state index contributed by atoms with van der Waals surface area (Å²) in [4.78, 5) is 26.3. The maximum atomic E-state index is 12.8. The van der Waals surface area contributed by atoms with Crippen LogP contribution in [0.5, 0.6) is 0 Å². The van der Waals surface area contributed by atoms with Gasteiger partial charge in [-0.25, -0.2) is 0 Å². The fraction of sp³-hybridized carbons (Fsp3) is 0.200. The van der Waals surface area contributed by atoms with E-state index in [0.717, 1.165) is 4.90 Å². The quantitative estimate of drug-likeness (QED) is 0.409. The molecule has 3 aromatic rings. The second-order valence-corrected chi connectivity index (χ2v) is 8.90. The minimum atomic E-state index is -0.136. The topological polar surface area (TPSA) is 46.2 Å². The van der Waals surface area contributed by atoms with Gasteiger partial charge in [0.1, 0.15) is 0 Å². The van der Waals surface area contributed by atoms with Gasteiger partial charge in [0, 0.05) is 16.0 Å². The molecule has 0 aliphatic carbocycles. The molecule has 1 amide bonds. The number of thioether (sulfide) groups is 1. The summed E-state index contributed by atoms with van der Waals surface area (Å²) in [6.07, 6.45) is 0. The number of ketones is 1.